The second-order valence-electron chi connectivity index (χ2n) is 13.7. The van der Waals surface area contributed by atoms with Crippen molar-refractivity contribution in [2.24, 2.45) is 17.3 Å². The number of aliphatic hydroxyl groups is 2. The Morgan fingerprint density at radius 3 is 0.977 bits per heavy atom. The van der Waals surface area contributed by atoms with Gasteiger partial charge in [0.05, 0.1) is 12.2 Å². The Labute approximate surface area is 265 Å². The lowest BCUT2D eigenvalue weighted by Crippen LogP contribution is -2.48. The maximum atomic E-state index is 12.0. The second kappa shape index (κ2) is 13.8. The van der Waals surface area contributed by atoms with Gasteiger partial charge in [-0.15, -0.1) is 0 Å². The summed E-state index contributed by atoms with van der Waals surface area (Å²) in [6, 6.07) is 43.1. The van der Waals surface area contributed by atoms with E-state index in [1.807, 2.05) is 0 Å². The molecule has 0 heterocycles. The normalized spacial score (nSPS) is 30.4. The third kappa shape index (κ3) is 6.04. The van der Waals surface area contributed by atoms with Crippen molar-refractivity contribution < 1.29 is 10.2 Å². The zero-order valence-corrected chi connectivity index (χ0v) is 26.5. The van der Waals surface area contributed by atoms with Crippen molar-refractivity contribution in [1.82, 2.24) is 0 Å². The van der Waals surface area contributed by atoms with Crippen molar-refractivity contribution in [1.29, 1.82) is 0 Å². The molecule has 0 aliphatic heterocycles. The monoisotopic (exact) mass is 586 g/mol. The number of rotatable bonds is 9. The van der Waals surface area contributed by atoms with E-state index in [9.17, 15) is 10.2 Å². The Balaban J connectivity index is 1.44. The molecule has 4 atom stereocenters. The minimum atomic E-state index is -0.408. The van der Waals surface area contributed by atoms with E-state index < -0.39 is 12.2 Å². The number of aliphatic hydroxyl groups excluding tert-OH is 2. The Kier molecular flexibility index (Phi) is 9.69. The lowest BCUT2D eigenvalue weighted by Gasteiger charge is -2.55. The Hall–Kier alpha value is -3.20. The fourth-order valence-corrected chi connectivity index (χ4v) is 9.57. The average molecular weight is 587 g/mol. The molecule has 44 heavy (non-hydrogen) atoms. The Morgan fingerprint density at radius 1 is 0.477 bits per heavy atom. The van der Waals surface area contributed by atoms with Crippen LogP contribution in [-0.2, 0) is 0 Å². The Bertz CT molecular complexity index is 1220. The van der Waals surface area contributed by atoms with Gasteiger partial charge in [-0.3, -0.25) is 0 Å². The van der Waals surface area contributed by atoms with Gasteiger partial charge in [-0.1, -0.05) is 142 Å². The maximum Gasteiger partial charge on any atom is 0.0677 e. The molecule has 4 unspecified atom stereocenters. The first-order chi connectivity index (χ1) is 21.6. The van der Waals surface area contributed by atoms with Crippen LogP contribution in [0.1, 0.15) is 105 Å². The summed E-state index contributed by atoms with van der Waals surface area (Å²) in [4.78, 5) is 0. The van der Waals surface area contributed by atoms with E-state index in [1.54, 1.807) is 0 Å². The molecule has 2 nitrogen and oxygen atoms in total. The molecule has 2 fully saturated rings. The first-order valence-corrected chi connectivity index (χ1v) is 17.1. The largest absolute Gasteiger partial charge is 0.392 e. The molecule has 0 radical (unpaired) electrons. The van der Waals surface area contributed by atoms with Gasteiger partial charge in [-0.25, -0.2) is 0 Å². The van der Waals surface area contributed by atoms with Gasteiger partial charge in [-0.2, -0.15) is 0 Å². The van der Waals surface area contributed by atoms with Crippen molar-refractivity contribution in [3.05, 3.63) is 144 Å². The molecule has 2 saturated carbocycles. The van der Waals surface area contributed by atoms with Gasteiger partial charge in [0.2, 0.25) is 0 Å². The van der Waals surface area contributed by atoms with Crippen LogP contribution in [0.25, 0.3) is 0 Å². The molecule has 0 bridgehead atoms. The topological polar surface area (TPSA) is 40.5 Å². The highest BCUT2D eigenvalue weighted by molar-refractivity contribution is 5.31. The van der Waals surface area contributed by atoms with Crippen LogP contribution in [-0.4, -0.2) is 22.4 Å². The second-order valence-corrected chi connectivity index (χ2v) is 13.7. The SMILES string of the molecule is CCCC(CC)(C1CC(c2ccccc2)C(O)C(c2ccccc2)C1)C1CC(c2ccccc2)C(O)C(c2ccccc2)C1. The van der Waals surface area contributed by atoms with Gasteiger partial charge in [0, 0.05) is 23.7 Å². The van der Waals surface area contributed by atoms with Crippen molar-refractivity contribution in [3.63, 3.8) is 0 Å². The standard InChI is InChI=1S/C42H50O2/c1-3-25-42(4-2,34-26-36(30-17-9-5-10-18-30)40(43)37(27-34)31-19-11-6-12-20-31)35-28-38(32-21-13-7-14-22-32)41(44)39(29-35)33-23-15-8-16-24-33/h5-24,34-41,43-44H,3-4,25-29H2,1-2H3. The van der Waals surface area contributed by atoms with Gasteiger partial charge in [0.15, 0.2) is 0 Å². The molecule has 4 aromatic rings. The molecule has 2 N–H and O–H groups in total. The first-order valence-electron chi connectivity index (χ1n) is 17.1. The molecule has 6 rings (SSSR count). The summed E-state index contributed by atoms with van der Waals surface area (Å²) in [6.07, 6.45) is 6.65. The summed E-state index contributed by atoms with van der Waals surface area (Å²) >= 11 is 0. The van der Waals surface area contributed by atoms with Crippen LogP contribution in [0.3, 0.4) is 0 Å². The first kappa shape index (κ1) is 30.8. The highest BCUT2D eigenvalue weighted by atomic mass is 16.3. The number of benzene rings is 4. The summed E-state index contributed by atoms with van der Waals surface area (Å²) in [6.45, 7) is 4.78. The fraction of sp³-hybridized carbons (Fsp3) is 0.429. The van der Waals surface area contributed by atoms with E-state index in [4.69, 9.17) is 0 Å². The van der Waals surface area contributed by atoms with E-state index in [0.717, 1.165) is 38.5 Å². The van der Waals surface area contributed by atoms with Gasteiger partial charge in [0.1, 0.15) is 0 Å². The van der Waals surface area contributed by atoms with Crippen LogP contribution in [0, 0.1) is 17.3 Å². The summed E-state index contributed by atoms with van der Waals surface area (Å²) < 4.78 is 0. The fourth-order valence-electron chi connectivity index (χ4n) is 9.57. The van der Waals surface area contributed by atoms with E-state index in [1.165, 1.54) is 28.7 Å². The molecular weight excluding hydrogens is 536 g/mol. The van der Waals surface area contributed by atoms with Gasteiger partial charge < -0.3 is 10.2 Å². The van der Waals surface area contributed by atoms with E-state index >= 15 is 0 Å². The molecule has 0 saturated heterocycles. The summed E-state index contributed by atoms with van der Waals surface area (Å²) in [5.74, 6) is 1.36. The third-order valence-corrected chi connectivity index (χ3v) is 11.7. The maximum absolute atomic E-state index is 12.0. The smallest absolute Gasteiger partial charge is 0.0677 e. The highest BCUT2D eigenvalue weighted by Gasteiger charge is 2.52. The lowest BCUT2D eigenvalue weighted by atomic mass is 9.50. The summed E-state index contributed by atoms with van der Waals surface area (Å²) in [5.41, 5.74) is 5.16. The van der Waals surface area contributed by atoms with Crippen molar-refractivity contribution in [3.8, 4) is 0 Å². The molecule has 2 aliphatic carbocycles. The van der Waals surface area contributed by atoms with Crippen molar-refractivity contribution >= 4 is 0 Å². The minimum absolute atomic E-state index is 0.104. The average Bonchev–Trinajstić information content (AvgIpc) is 3.09. The predicted molar refractivity (Wildman–Crippen MR) is 182 cm³/mol. The third-order valence-electron chi connectivity index (χ3n) is 11.7. The van der Waals surface area contributed by atoms with Crippen LogP contribution in [0.5, 0.6) is 0 Å². The van der Waals surface area contributed by atoms with Crippen LogP contribution >= 0.6 is 0 Å². The lowest BCUT2D eigenvalue weighted by molar-refractivity contribution is -0.0561. The van der Waals surface area contributed by atoms with Crippen molar-refractivity contribution in [2.45, 2.75) is 94.7 Å². The summed E-state index contributed by atoms with van der Waals surface area (Å²) in [7, 11) is 0. The predicted octanol–water partition coefficient (Wildman–Crippen LogP) is 9.86. The molecule has 2 heteroatoms. The molecule has 0 aromatic heterocycles. The van der Waals surface area contributed by atoms with E-state index in [2.05, 4.69) is 135 Å². The van der Waals surface area contributed by atoms with Gasteiger partial charge in [-0.05, 0) is 78.0 Å². The van der Waals surface area contributed by atoms with Crippen LogP contribution in [0.4, 0.5) is 0 Å². The van der Waals surface area contributed by atoms with Crippen molar-refractivity contribution in [2.75, 3.05) is 0 Å². The molecule has 230 valence electrons. The van der Waals surface area contributed by atoms with Crippen LogP contribution in [0.2, 0.25) is 0 Å². The van der Waals surface area contributed by atoms with Crippen LogP contribution in [0.15, 0.2) is 121 Å². The van der Waals surface area contributed by atoms with E-state index in [0.29, 0.717) is 11.8 Å². The van der Waals surface area contributed by atoms with E-state index in [-0.39, 0.29) is 29.1 Å². The molecule has 0 spiro atoms. The molecular formula is C42H50O2. The molecule has 2 aliphatic rings. The highest BCUT2D eigenvalue weighted by Crippen LogP contribution is 2.60. The quantitative estimate of drug-likeness (QED) is 0.205. The summed E-state index contributed by atoms with van der Waals surface area (Å²) in [5, 5.41) is 24.0. The van der Waals surface area contributed by atoms with Crippen LogP contribution < -0.4 is 0 Å². The minimum Gasteiger partial charge on any atom is -0.392 e. The zero-order chi connectivity index (χ0) is 30.5. The number of hydrogen-bond acceptors (Lipinski definition) is 2. The molecule has 4 aromatic carbocycles. The zero-order valence-electron chi connectivity index (χ0n) is 26.5. The Morgan fingerprint density at radius 2 is 0.750 bits per heavy atom. The molecule has 0 amide bonds. The van der Waals surface area contributed by atoms with Gasteiger partial charge >= 0.3 is 0 Å². The van der Waals surface area contributed by atoms with Gasteiger partial charge in [0.25, 0.3) is 0 Å². The number of hydrogen-bond donors (Lipinski definition) is 2.